The number of aromatic nitrogens is 2. The van der Waals surface area contributed by atoms with Crippen LogP contribution in [0.25, 0.3) is 11.4 Å². The zero-order valence-electron chi connectivity index (χ0n) is 11.2. The molecule has 1 aromatic carbocycles. The zero-order chi connectivity index (χ0) is 14.0. The first-order chi connectivity index (χ1) is 9.02. The number of H-pyrrole nitrogens is 1. The highest BCUT2D eigenvalue weighted by atomic mass is 35.5. The fourth-order valence-electron chi connectivity index (χ4n) is 1.93. The van der Waals surface area contributed by atoms with E-state index < -0.39 is 0 Å². The first-order valence-electron chi connectivity index (χ1n) is 5.92. The van der Waals surface area contributed by atoms with Crippen LogP contribution in [0.15, 0.2) is 18.2 Å². The smallest absolute Gasteiger partial charge is 0.139 e. The number of hydrogen-bond donors (Lipinski definition) is 1. The summed E-state index contributed by atoms with van der Waals surface area (Å²) in [6.07, 6.45) is 0. The summed E-state index contributed by atoms with van der Waals surface area (Å²) in [4.78, 5) is 9.82. The monoisotopic (exact) mass is 274 g/mol. The molecule has 2 rings (SSSR count). The number of aryl methyl sites for hydroxylation is 1. The molecular weight excluding hydrogens is 260 g/mol. The van der Waals surface area contributed by atoms with E-state index in [4.69, 9.17) is 11.6 Å². The molecule has 0 bridgehead atoms. The van der Waals surface area contributed by atoms with Gasteiger partial charge in [0.1, 0.15) is 11.9 Å². The lowest BCUT2D eigenvalue weighted by atomic mass is 10.1. The van der Waals surface area contributed by atoms with Gasteiger partial charge in [-0.25, -0.2) is 4.98 Å². The molecule has 0 aliphatic heterocycles. The predicted molar refractivity (Wildman–Crippen MR) is 75.9 cm³/mol. The molecule has 0 radical (unpaired) electrons. The van der Waals surface area contributed by atoms with Gasteiger partial charge in [-0.15, -0.1) is 0 Å². The third kappa shape index (κ3) is 2.78. The molecule has 98 valence electrons. The molecule has 0 aliphatic carbocycles. The average molecular weight is 275 g/mol. The third-order valence-electron chi connectivity index (χ3n) is 2.84. The lowest BCUT2D eigenvalue weighted by Gasteiger charge is -2.07. The van der Waals surface area contributed by atoms with Crippen molar-refractivity contribution in [2.75, 3.05) is 14.1 Å². The summed E-state index contributed by atoms with van der Waals surface area (Å²) in [6.45, 7) is 2.73. The highest BCUT2D eigenvalue weighted by Crippen LogP contribution is 2.27. The quantitative estimate of drug-likeness (QED) is 0.936. The lowest BCUT2D eigenvalue weighted by Crippen LogP contribution is -2.11. The second-order valence-electron chi connectivity index (χ2n) is 4.66. The summed E-state index contributed by atoms with van der Waals surface area (Å²) in [5.41, 5.74) is 3.17. The largest absolute Gasteiger partial charge is 0.341 e. The minimum atomic E-state index is 0.447. The minimum absolute atomic E-state index is 0.447. The Morgan fingerprint density at radius 1 is 1.42 bits per heavy atom. The van der Waals surface area contributed by atoms with Gasteiger partial charge in [-0.1, -0.05) is 17.7 Å². The number of benzene rings is 1. The van der Waals surface area contributed by atoms with Gasteiger partial charge in [0, 0.05) is 12.1 Å². The van der Waals surface area contributed by atoms with Crippen LogP contribution in [0.2, 0.25) is 5.02 Å². The van der Waals surface area contributed by atoms with E-state index in [9.17, 15) is 5.26 Å². The van der Waals surface area contributed by atoms with Crippen LogP contribution in [0.3, 0.4) is 0 Å². The van der Waals surface area contributed by atoms with Gasteiger partial charge in [-0.05, 0) is 33.2 Å². The third-order valence-corrected chi connectivity index (χ3v) is 3.16. The maximum absolute atomic E-state index is 9.20. The Morgan fingerprint density at radius 2 is 2.16 bits per heavy atom. The molecule has 0 amide bonds. The Balaban J connectivity index is 2.49. The summed E-state index contributed by atoms with van der Waals surface area (Å²) in [5.74, 6) is 0.688. The number of aromatic amines is 1. The van der Waals surface area contributed by atoms with Gasteiger partial charge >= 0.3 is 0 Å². The normalized spacial score (nSPS) is 10.7. The van der Waals surface area contributed by atoms with Gasteiger partial charge < -0.3 is 9.88 Å². The molecular formula is C14H15ClN4. The summed E-state index contributed by atoms with van der Waals surface area (Å²) < 4.78 is 0. The molecule has 0 fully saturated rings. The van der Waals surface area contributed by atoms with Gasteiger partial charge in [0.15, 0.2) is 0 Å². The summed E-state index contributed by atoms with van der Waals surface area (Å²) in [5, 5.41) is 9.65. The molecule has 4 nitrogen and oxygen atoms in total. The van der Waals surface area contributed by atoms with Crippen molar-refractivity contribution in [3.8, 4) is 17.5 Å². The Kier molecular flexibility index (Phi) is 3.89. The first kappa shape index (κ1) is 13.6. The van der Waals surface area contributed by atoms with Crippen LogP contribution in [0.5, 0.6) is 0 Å². The van der Waals surface area contributed by atoms with E-state index in [0.717, 1.165) is 23.5 Å². The van der Waals surface area contributed by atoms with Crippen molar-refractivity contribution in [3.63, 3.8) is 0 Å². The maximum atomic E-state index is 9.20. The van der Waals surface area contributed by atoms with Crippen LogP contribution in [0.4, 0.5) is 0 Å². The zero-order valence-corrected chi connectivity index (χ0v) is 11.9. The number of rotatable bonds is 3. The van der Waals surface area contributed by atoms with E-state index >= 15 is 0 Å². The number of hydrogen-bond acceptors (Lipinski definition) is 3. The van der Waals surface area contributed by atoms with Crippen LogP contribution in [0.1, 0.15) is 17.0 Å². The van der Waals surface area contributed by atoms with Crippen LogP contribution in [0, 0.1) is 18.3 Å². The van der Waals surface area contributed by atoms with Crippen molar-refractivity contribution < 1.29 is 0 Å². The standard InChI is InChI=1S/C14H15ClN4/c1-9-13(8-19(2)3)18-14(17-9)10-5-4-6-12(15)11(10)7-16/h4-6H,8H2,1-3H3,(H,17,18). The Morgan fingerprint density at radius 3 is 2.79 bits per heavy atom. The second kappa shape index (κ2) is 5.43. The summed E-state index contributed by atoms with van der Waals surface area (Å²) in [6, 6.07) is 7.51. The molecule has 2 aromatic rings. The van der Waals surface area contributed by atoms with Crippen LogP contribution in [-0.2, 0) is 6.54 Å². The molecule has 1 N–H and O–H groups in total. The number of imidazole rings is 1. The Hall–Kier alpha value is -1.83. The lowest BCUT2D eigenvalue weighted by molar-refractivity contribution is 0.396. The number of nitrogens with zero attached hydrogens (tertiary/aromatic N) is 3. The highest BCUT2D eigenvalue weighted by molar-refractivity contribution is 6.32. The number of nitriles is 1. The molecule has 0 unspecified atom stereocenters. The molecule has 0 spiro atoms. The molecule has 19 heavy (non-hydrogen) atoms. The van der Waals surface area contributed by atoms with E-state index in [1.165, 1.54) is 0 Å². The van der Waals surface area contributed by atoms with E-state index in [2.05, 4.69) is 20.9 Å². The van der Waals surface area contributed by atoms with Crippen molar-refractivity contribution in [2.24, 2.45) is 0 Å². The molecule has 1 aromatic heterocycles. The van der Waals surface area contributed by atoms with Crippen molar-refractivity contribution in [2.45, 2.75) is 13.5 Å². The van der Waals surface area contributed by atoms with E-state index in [0.29, 0.717) is 16.4 Å². The summed E-state index contributed by atoms with van der Waals surface area (Å²) in [7, 11) is 4.00. The van der Waals surface area contributed by atoms with Crippen LogP contribution in [-0.4, -0.2) is 29.0 Å². The number of nitrogens with one attached hydrogen (secondary N) is 1. The fraction of sp³-hybridized carbons (Fsp3) is 0.286. The SMILES string of the molecule is Cc1nc(-c2cccc(Cl)c2C#N)[nH]c1CN(C)C. The Bertz CT molecular complexity index is 637. The molecule has 5 heteroatoms. The van der Waals surface area contributed by atoms with Crippen molar-refractivity contribution >= 4 is 11.6 Å². The second-order valence-corrected chi connectivity index (χ2v) is 5.07. The molecule has 1 heterocycles. The fourth-order valence-corrected chi connectivity index (χ4v) is 2.15. The molecule has 0 atom stereocenters. The van der Waals surface area contributed by atoms with Gasteiger partial charge in [0.2, 0.25) is 0 Å². The molecule has 0 saturated heterocycles. The minimum Gasteiger partial charge on any atom is -0.341 e. The maximum Gasteiger partial charge on any atom is 0.139 e. The van der Waals surface area contributed by atoms with E-state index in [-0.39, 0.29) is 0 Å². The highest BCUT2D eigenvalue weighted by Gasteiger charge is 2.14. The van der Waals surface area contributed by atoms with Gasteiger partial charge in [-0.3, -0.25) is 0 Å². The summed E-state index contributed by atoms with van der Waals surface area (Å²) >= 11 is 6.04. The van der Waals surface area contributed by atoms with Gasteiger partial charge in [-0.2, -0.15) is 5.26 Å². The van der Waals surface area contributed by atoms with Crippen LogP contribution >= 0.6 is 11.6 Å². The van der Waals surface area contributed by atoms with Crippen molar-refractivity contribution in [1.29, 1.82) is 5.26 Å². The first-order valence-corrected chi connectivity index (χ1v) is 6.30. The van der Waals surface area contributed by atoms with E-state index in [1.54, 1.807) is 6.07 Å². The van der Waals surface area contributed by atoms with Gasteiger partial charge in [0.25, 0.3) is 0 Å². The number of halogens is 1. The van der Waals surface area contributed by atoms with Crippen LogP contribution < -0.4 is 0 Å². The topological polar surface area (TPSA) is 55.7 Å². The van der Waals surface area contributed by atoms with Crippen molar-refractivity contribution in [1.82, 2.24) is 14.9 Å². The van der Waals surface area contributed by atoms with Crippen molar-refractivity contribution in [3.05, 3.63) is 40.2 Å². The molecule has 0 aliphatic rings. The predicted octanol–water partition coefficient (Wildman–Crippen LogP) is 2.97. The Labute approximate surface area is 117 Å². The molecule has 0 saturated carbocycles. The average Bonchev–Trinajstić information content (AvgIpc) is 2.69. The van der Waals surface area contributed by atoms with Gasteiger partial charge in [0.05, 0.1) is 22.0 Å². The van der Waals surface area contributed by atoms with E-state index in [1.807, 2.05) is 33.2 Å².